The van der Waals surface area contributed by atoms with E-state index < -0.39 is 0 Å². The fraction of sp³-hybridized carbons (Fsp3) is 0.571. The van der Waals surface area contributed by atoms with Gasteiger partial charge < -0.3 is 24.2 Å². The van der Waals surface area contributed by atoms with Crippen LogP contribution in [0, 0.1) is 6.92 Å². The van der Waals surface area contributed by atoms with Crippen LogP contribution in [0.2, 0.25) is 0 Å². The Balaban J connectivity index is 1.55. The number of rotatable bonds is 8. The number of aliphatic imine (C=N–C) groups is 1. The van der Waals surface area contributed by atoms with E-state index in [0.717, 1.165) is 62.3 Å². The Kier molecular flexibility index (Phi) is 7.89. The topological polar surface area (TPSA) is 88.2 Å². The highest BCUT2D eigenvalue weighted by Gasteiger charge is 2.21. The second-order valence-corrected chi connectivity index (χ2v) is 7.16. The minimum absolute atomic E-state index is 0.616. The van der Waals surface area contributed by atoms with Crippen molar-refractivity contribution in [2.75, 3.05) is 53.5 Å². The number of hydrogen-bond acceptors (Lipinski definition) is 7. The molecule has 0 amide bonds. The highest BCUT2D eigenvalue weighted by atomic mass is 16.5. The molecule has 1 aliphatic heterocycles. The minimum atomic E-state index is 0.616. The van der Waals surface area contributed by atoms with Crippen molar-refractivity contribution in [2.45, 2.75) is 26.8 Å². The predicted octanol–water partition coefficient (Wildman–Crippen LogP) is 1.72. The molecular weight excluding hydrogens is 384 g/mol. The van der Waals surface area contributed by atoms with Crippen molar-refractivity contribution in [2.24, 2.45) is 4.99 Å². The molecule has 30 heavy (non-hydrogen) atoms. The Morgan fingerprint density at radius 3 is 2.63 bits per heavy atom. The zero-order valence-electron chi connectivity index (χ0n) is 18.3. The van der Waals surface area contributed by atoms with Crippen LogP contribution in [-0.4, -0.2) is 79.4 Å². The molecule has 9 heteroatoms. The van der Waals surface area contributed by atoms with Gasteiger partial charge in [0.05, 0.1) is 20.8 Å². The van der Waals surface area contributed by atoms with Crippen molar-refractivity contribution in [3.63, 3.8) is 0 Å². The quantitative estimate of drug-likeness (QED) is 0.514. The maximum Gasteiger partial charge on any atom is 0.228 e. The van der Waals surface area contributed by atoms with Crippen LogP contribution < -0.4 is 14.8 Å². The van der Waals surface area contributed by atoms with Gasteiger partial charge in [0.1, 0.15) is 11.5 Å². The maximum absolute atomic E-state index is 5.52. The lowest BCUT2D eigenvalue weighted by molar-refractivity contribution is 0.171. The number of piperazine rings is 1. The Morgan fingerprint density at radius 1 is 1.20 bits per heavy atom. The van der Waals surface area contributed by atoms with Gasteiger partial charge in [0.15, 0.2) is 11.8 Å². The molecule has 1 saturated heterocycles. The van der Waals surface area contributed by atoms with E-state index in [-0.39, 0.29) is 0 Å². The van der Waals surface area contributed by atoms with Gasteiger partial charge in [-0.1, -0.05) is 5.16 Å². The Hall–Kier alpha value is -2.81. The fourth-order valence-electron chi connectivity index (χ4n) is 3.49. The summed E-state index contributed by atoms with van der Waals surface area (Å²) in [5.74, 6) is 3.97. The van der Waals surface area contributed by atoms with Gasteiger partial charge in [0.25, 0.3) is 0 Å². The molecule has 0 unspecified atom stereocenters. The molecule has 3 rings (SSSR count). The molecule has 164 valence electrons. The van der Waals surface area contributed by atoms with Crippen molar-refractivity contribution in [1.82, 2.24) is 25.3 Å². The normalized spacial score (nSPS) is 15.3. The summed E-state index contributed by atoms with van der Waals surface area (Å²) in [4.78, 5) is 13.7. The van der Waals surface area contributed by atoms with Crippen molar-refractivity contribution < 1.29 is 14.0 Å². The predicted molar refractivity (Wildman–Crippen MR) is 115 cm³/mol. The van der Waals surface area contributed by atoms with Crippen LogP contribution >= 0.6 is 0 Å². The third-order valence-electron chi connectivity index (χ3n) is 5.05. The lowest BCUT2D eigenvalue weighted by Crippen LogP contribution is -2.52. The average molecular weight is 417 g/mol. The molecule has 2 aromatic rings. The third-order valence-corrected chi connectivity index (χ3v) is 5.05. The fourth-order valence-corrected chi connectivity index (χ4v) is 3.49. The van der Waals surface area contributed by atoms with Gasteiger partial charge in [-0.2, -0.15) is 4.98 Å². The lowest BCUT2D eigenvalue weighted by atomic mass is 10.1. The lowest BCUT2D eigenvalue weighted by Gasteiger charge is -2.36. The highest BCUT2D eigenvalue weighted by molar-refractivity contribution is 5.80. The molecule has 9 nitrogen and oxygen atoms in total. The van der Waals surface area contributed by atoms with Gasteiger partial charge in [-0.05, 0) is 32.0 Å². The number of hydrogen-bond donors (Lipinski definition) is 1. The minimum Gasteiger partial charge on any atom is -0.497 e. The summed E-state index contributed by atoms with van der Waals surface area (Å²) in [7, 11) is 3.39. The summed E-state index contributed by atoms with van der Waals surface area (Å²) in [6, 6.07) is 5.94. The molecule has 1 aliphatic rings. The SMILES string of the molecule is CCNC(=NCCc1nc(C)no1)N1CCN(Cc2cc(OC)ccc2OC)CC1. The van der Waals surface area contributed by atoms with Gasteiger partial charge in [-0.25, -0.2) is 0 Å². The van der Waals surface area contributed by atoms with Crippen LogP contribution in [0.3, 0.4) is 0 Å². The summed E-state index contributed by atoms with van der Waals surface area (Å²) in [5.41, 5.74) is 1.14. The molecule has 0 atom stereocenters. The first-order valence-electron chi connectivity index (χ1n) is 10.4. The van der Waals surface area contributed by atoms with E-state index in [9.17, 15) is 0 Å². The average Bonchev–Trinajstić information content (AvgIpc) is 3.18. The van der Waals surface area contributed by atoms with Crippen LogP contribution in [0.25, 0.3) is 0 Å². The Bertz CT molecular complexity index is 830. The highest BCUT2D eigenvalue weighted by Crippen LogP contribution is 2.25. The number of methoxy groups -OCH3 is 2. The smallest absolute Gasteiger partial charge is 0.228 e. The van der Waals surface area contributed by atoms with E-state index in [1.165, 1.54) is 0 Å². The van der Waals surface area contributed by atoms with Crippen LogP contribution in [0.15, 0.2) is 27.7 Å². The van der Waals surface area contributed by atoms with Crippen molar-refractivity contribution in [3.8, 4) is 11.5 Å². The summed E-state index contributed by atoms with van der Waals surface area (Å²) in [6.07, 6.45) is 0.644. The molecule has 0 saturated carbocycles. The zero-order chi connectivity index (χ0) is 21.3. The van der Waals surface area contributed by atoms with Gasteiger partial charge in [-0.15, -0.1) is 0 Å². The van der Waals surface area contributed by atoms with E-state index in [1.807, 2.05) is 19.1 Å². The van der Waals surface area contributed by atoms with E-state index >= 15 is 0 Å². The van der Waals surface area contributed by atoms with Crippen LogP contribution in [0.5, 0.6) is 11.5 Å². The van der Waals surface area contributed by atoms with Gasteiger partial charge >= 0.3 is 0 Å². The summed E-state index contributed by atoms with van der Waals surface area (Å²) >= 11 is 0. The number of aromatic nitrogens is 2. The van der Waals surface area contributed by atoms with Crippen molar-refractivity contribution >= 4 is 5.96 Å². The number of ether oxygens (including phenoxy) is 2. The van der Waals surface area contributed by atoms with Crippen molar-refractivity contribution in [1.29, 1.82) is 0 Å². The third kappa shape index (κ3) is 5.85. The number of nitrogens with zero attached hydrogens (tertiary/aromatic N) is 5. The van der Waals surface area contributed by atoms with E-state index in [0.29, 0.717) is 24.7 Å². The summed E-state index contributed by atoms with van der Waals surface area (Å²) in [5, 5.41) is 7.22. The molecule has 1 fully saturated rings. The molecule has 0 spiro atoms. The first-order chi connectivity index (χ1) is 14.6. The maximum atomic E-state index is 5.52. The van der Waals surface area contributed by atoms with E-state index in [4.69, 9.17) is 19.0 Å². The molecule has 2 heterocycles. The Morgan fingerprint density at radius 2 is 2.00 bits per heavy atom. The first kappa shape index (κ1) is 21.9. The standard InChI is InChI=1S/C21H32N6O3/c1-5-22-21(23-9-8-20-24-16(2)25-30-20)27-12-10-26(11-13-27)15-17-14-18(28-3)6-7-19(17)29-4/h6-7,14H,5,8-13,15H2,1-4H3,(H,22,23). The van der Waals surface area contributed by atoms with Gasteiger partial charge in [0, 0.05) is 51.3 Å². The summed E-state index contributed by atoms with van der Waals surface area (Å²) < 4.78 is 16.1. The second kappa shape index (κ2) is 10.8. The Labute approximate surface area is 178 Å². The number of guanidine groups is 1. The van der Waals surface area contributed by atoms with Gasteiger partial charge in [0.2, 0.25) is 5.89 Å². The van der Waals surface area contributed by atoms with E-state index in [1.54, 1.807) is 14.2 Å². The first-order valence-corrected chi connectivity index (χ1v) is 10.4. The second-order valence-electron chi connectivity index (χ2n) is 7.16. The molecule has 1 aromatic carbocycles. The zero-order valence-corrected chi connectivity index (χ0v) is 18.3. The van der Waals surface area contributed by atoms with Crippen LogP contribution in [-0.2, 0) is 13.0 Å². The molecule has 1 aromatic heterocycles. The molecule has 0 aliphatic carbocycles. The molecule has 1 N–H and O–H groups in total. The number of aryl methyl sites for hydroxylation is 1. The van der Waals surface area contributed by atoms with Gasteiger partial charge in [-0.3, -0.25) is 9.89 Å². The van der Waals surface area contributed by atoms with Crippen molar-refractivity contribution in [3.05, 3.63) is 35.5 Å². The van der Waals surface area contributed by atoms with Crippen LogP contribution in [0.4, 0.5) is 0 Å². The van der Waals surface area contributed by atoms with Crippen LogP contribution in [0.1, 0.15) is 24.2 Å². The molecule has 0 bridgehead atoms. The monoisotopic (exact) mass is 416 g/mol. The number of benzene rings is 1. The van der Waals surface area contributed by atoms with E-state index in [2.05, 4.69) is 38.2 Å². The largest absolute Gasteiger partial charge is 0.497 e. The summed E-state index contributed by atoms with van der Waals surface area (Å²) in [6.45, 7) is 9.92. The number of nitrogens with one attached hydrogen (secondary N) is 1. The molecule has 0 radical (unpaired) electrons. The molecular formula is C21H32N6O3.